The highest BCUT2D eigenvalue weighted by Crippen LogP contribution is 2.32. The lowest BCUT2D eigenvalue weighted by Gasteiger charge is -2.09. The Hall–Kier alpha value is -1.96. The maximum atomic E-state index is 4.54. The summed E-state index contributed by atoms with van der Waals surface area (Å²) in [5, 5.41) is 13.9. The molecular formula is C18H16N4S3. The van der Waals surface area contributed by atoms with Crippen molar-refractivity contribution in [2.45, 2.75) is 29.4 Å². The molecule has 0 radical (unpaired) electrons. The molecular weight excluding hydrogens is 368 g/mol. The first-order valence-electron chi connectivity index (χ1n) is 7.90. The summed E-state index contributed by atoms with van der Waals surface area (Å²) in [7, 11) is 0. The van der Waals surface area contributed by atoms with Gasteiger partial charge in [0, 0.05) is 17.6 Å². The normalized spacial score (nSPS) is 11.1. The molecule has 0 aliphatic heterocycles. The molecule has 4 rings (SSSR count). The van der Waals surface area contributed by atoms with E-state index in [1.165, 1.54) is 5.56 Å². The lowest BCUT2D eigenvalue weighted by atomic mass is 10.1. The Balaban J connectivity index is 1.64. The number of hydrogen-bond donors (Lipinski definition) is 0. The van der Waals surface area contributed by atoms with Crippen molar-refractivity contribution in [2.75, 3.05) is 0 Å². The standard InChI is InChI=1S/C18H16N4S3/c1-13-12-24-18(19-13)25-17-21-20-16(15-8-5-11-23-15)22(17)10-9-14-6-3-2-4-7-14/h2-8,11-12H,9-10H2,1H3. The number of thiophene rings is 1. The molecule has 0 saturated heterocycles. The molecule has 7 heteroatoms. The summed E-state index contributed by atoms with van der Waals surface area (Å²) in [6, 6.07) is 14.7. The van der Waals surface area contributed by atoms with Crippen molar-refractivity contribution in [3.8, 4) is 10.7 Å². The highest BCUT2D eigenvalue weighted by Gasteiger charge is 2.17. The Morgan fingerprint density at radius 1 is 1.04 bits per heavy atom. The van der Waals surface area contributed by atoms with E-state index in [0.717, 1.165) is 38.9 Å². The van der Waals surface area contributed by atoms with Crippen LogP contribution in [0.4, 0.5) is 0 Å². The third-order valence-corrected chi connectivity index (χ3v) is 6.61. The third kappa shape index (κ3) is 3.84. The van der Waals surface area contributed by atoms with Crippen LogP contribution in [0.5, 0.6) is 0 Å². The minimum Gasteiger partial charge on any atom is -0.301 e. The van der Waals surface area contributed by atoms with Gasteiger partial charge in [0.15, 0.2) is 15.3 Å². The first-order valence-corrected chi connectivity index (χ1v) is 10.5. The van der Waals surface area contributed by atoms with Crippen molar-refractivity contribution in [2.24, 2.45) is 0 Å². The molecule has 0 amide bonds. The Morgan fingerprint density at radius 3 is 2.64 bits per heavy atom. The largest absolute Gasteiger partial charge is 0.301 e. The summed E-state index contributed by atoms with van der Waals surface area (Å²) in [6.07, 6.45) is 0.946. The van der Waals surface area contributed by atoms with E-state index in [9.17, 15) is 0 Å². The van der Waals surface area contributed by atoms with Gasteiger partial charge >= 0.3 is 0 Å². The maximum absolute atomic E-state index is 4.54. The molecule has 126 valence electrons. The Bertz CT molecular complexity index is 942. The van der Waals surface area contributed by atoms with Crippen LogP contribution < -0.4 is 0 Å². The second-order valence-corrected chi connectivity index (χ2v) is 8.55. The molecule has 4 nitrogen and oxygen atoms in total. The molecule has 0 fully saturated rings. The summed E-state index contributed by atoms with van der Waals surface area (Å²) in [5.74, 6) is 0.932. The van der Waals surface area contributed by atoms with Crippen LogP contribution in [0, 0.1) is 6.92 Å². The number of aromatic nitrogens is 4. The topological polar surface area (TPSA) is 43.6 Å². The first kappa shape index (κ1) is 16.5. The molecule has 0 bridgehead atoms. The van der Waals surface area contributed by atoms with Crippen LogP contribution >= 0.6 is 34.4 Å². The zero-order valence-corrected chi connectivity index (χ0v) is 16.1. The van der Waals surface area contributed by atoms with Crippen LogP contribution in [0.15, 0.2) is 62.7 Å². The van der Waals surface area contributed by atoms with Gasteiger partial charge < -0.3 is 4.57 Å². The smallest absolute Gasteiger partial charge is 0.198 e. The van der Waals surface area contributed by atoms with Crippen LogP contribution in [-0.2, 0) is 13.0 Å². The van der Waals surface area contributed by atoms with Crippen LogP contribution in [0.3, 0.4) is 0 Å². The second kappa shape index (κ2) is 7.51. The number of thiazole rings is 1. The van der Waals surface area contributed by atoms with Crippen LogP contribution in [-0.4, -0.2) is 19.7 Å². The predicted octanol–water partition coefficient (Wildman–Crippen LogP) is 5.17. The SMILES string of the molecule is Cc1csc(Sc2nnc(-c3cccs3)n2CCc2ccccc2)n1. The molecule has 3 aromatic heterocycles. The lowest BCUT2D eigenvalue weighted by Crippen LogP contribution is -2.04. The van der Waals surface area contributed by atoms with Crippen molar-refractivity contribution in [3.05, 3.63) is 64.5 Å². The fraction of sp³-hybridized carbons (Fsp3) is 0.167. The van der Waals surface area contributed by atoms with E-state index in [4.69, 9.17) is 0 Å². The molecule has 1 aromatic carbocycles. The number of benzene rings is 1. The number of nitrogens with zero attached hydrogens (tertiary/aromatic N) is 4. The number of aryl methyl sites for hydroxylation is 2. The van der Waals surface area contributed by atoms with Crippen LogP contribution in [0.25, 0.3) is 10.7 Å². The Kier molecular flexibility index (Phi) is 4.96. The van der Waals surface area contributed by atoms with E-state index in [1.54, 1.807) is 34.4 Å². The minimum absolute atomic E-state index is 0.844. The molecule has 0 saturated carbocycles. The molecule has 0 aliphatic carbocycles. The fourth-order valence-corrected chi connectivity index (χ4v) is 5.01. The molecule has 0 aliphatic rings. The van der Waals surface area contributed by atoms with Crippen LogP contribution in [0.1, 0.15) is 11.3 Å². The van der Waals surface area contributed by atoms with Gasteiger partial charge in [-0.05, 0) is 42.1 Å². The van der Waals surface area contributed by atoms with E-state index < -0.39 is 0 Å². The van der Waals surface area contributed by atoms with Gasteiger partial charge in [-0.2, -0.15) is 0 Å². The number of hydrogen-bond acceptors (Lipinski definition) is 6. The first-order chi connectivity index (χ1) is 12.3. The summed E-state index contributed by atoms with van der Waals surface area (Å²) < 4.78 is 3.21. The molecule has 0 unspecified atom stereocenters. The maximum Gasteiger partial charge on any atom is 0.198 e. The van der Waals surface area contributed by atoms with Crippen molar-refractivity contribution in [3.63, 3.8) is 0 Å². The average molecular weight is 385 g/mol. The highest BCUT2D eigenvalue weighted by molar-refractivity contribution is 8.00. The van der Waals surface area contributed by atoms with Gasteiger partial charge in [-0.15, -0.1) is 32.9 Å². The van der Waals surface area contributed by atoms with Gasteiger partial charge in [-0.1, -0.05) is 36.4 Å². The zero-order valence-electron chi connectivity index (χ0n) is 13.6. The lowest BCUT2D eigenvalue weighted by molar-refractivity contribution is 0.640. The van der Waals surface area contributed by atoms with E-state index in [-0.39, 0.29) is 0 Å². The molecule has 0 atom stereocenters. The van der Waals surface area contributed by atoms with Gasteiger partial charge in [0.05, 0.1) is 4.88 Å². The van der Waals surface area contributed by atoms with Gasteiger partial charge in [-0.3, -0.25) is 0 Å². The van der Waals surface area contributed by atoms with Gasteiger partial charge in [0.2, 0.25) is 0 Å². The van der Waals surface area contributed by atoms with Gasteiger partial charge in [0.1, 0.15) is 0 Å². The predicted molar refractivity (Wildman–Crippen MR) is 104 cm³/mol. The summed E-state index contributed by atoms with van der Waals surface area (Å²) in [5.41, 5.74) is 2.36. The number of rotatable bonds is 6. The zero-order chi connectivity index (χ0) is 17.1. The van der Waals surface area contributed by atoms with E-state index in [2.05, 4.69) is 60.8 Å². The van der Waals surface area contributed by atoms with Crippen molar-refractivity contribution < 1.29 is 0 Å². The Labute approximate surface area is 158 Å². The van der Waals surface area contributed by atoms with Crippen molar-refractivity contribution >= 4 is 34.4 Å². The molecule has 25 heavy (non-hydrogen) atoms. The summed E-state index contributed by atoms with van der Waals surface area (Å²) in [4.78, 5) is 5.68. The minimum atomic E-state index is 0.844. The average Bonchev–Trinajstić information content (AvgIpc) is 3.36. The molecule has 3 heterocycles. The molecule has 4 aromatic rings. The van der Waals surface area contributed by atoms with E-state index >= 15 is 0 Å². The second-order valence-electron chi connectivity index (χ2n) is 5.53. The van der Waals surface area contributed by atoms with Crippen LogP contribution in [0.2, 0.25) is 0 Å². The van der Waals surface area contributed by atoms with Gasteiger partial charge in [-0.25, -0.2) is 4.98 Å². The molecule has 0 spiro atoms. The highest BCUT2D eigenvalue weighted by atomic mass is 32.2. The monoisotopic (exact) mass is 384 g/mol. The quantitative estimate of drug-likeness (QED) is 0.460. The van der Waals surface area contributed by atoms with Crippen molar-refractivity contribution in [1.82, 2.24) is 19.7 Å². The van der Waals surface area contributed by atoms with Gasteiger partial charge in [0.25, 0.3) is 0 Å². The van der Waals surface area contributed by atoms with E-state index in [1.807, 2.05) is 19.1 Å². The molecule has 0 N–H and O–H groups in total. The summed E-state index contributed by atoms with van der Waals surface area (Å²) in [6.45, 7) is 2.86. The van der Waals surface area contributed by atoms with E-state index in [0.29, 0.717) is 0 Å². The summed E-state index contributed by atoms with van der Waals surface area (Å²) >= 11 is 4.93. The van der Waals surface area contributed by atoms with Crippen molar-refractivity contribution in [1.29, 1.82) is 0 Å². The third-order valence-electron chi connectivity index (χ3n) is 3.70. The fourth-order valence-electron chi connectivity index (χ4n) is 2.50. The Morgan fingerprint density at radius 2 is 1.92 bits per heavy atom.